The SMILES string of the molecule is CC(C)(CN1CCC[C@H](Cc2nc3ccccc3[nH]2)C1)N1CCOCC1. The highest BCUT2D eigenvalue weighted by molar-refractivity contribution is 5.74. The number of rotatable bonds is 5. The summed E-state index contributed by atoms with van der Waals surface area (Å²) in [5.41, 5.74) is 2.46. The lowest BCUT2D eigenvalue weighted by Crippen LogP contribution is -2.56. The van der Waals surface area contributed by atoms with Crippen molar-refractivity contribution in [3.05, 3.63) is 30.1 Å². The van der Waals surface area contributed by atoms with Gasteiger partial charge in [0.1, 0.15) is 5.82 Å². The van der Waals surface area contributed by atoms with Crippen LogP contribution in [0.3, 0.4) is 0 Å². The molecule has 0 spiro atoms. The topological polar surface area (TPSA) is 44.4 Å². The van der Waals surface area contributed by atoms with Crippen molar-refractivity contribution in [3.8, 4) is 0 Å². The summed E-state index contributed by atoms with van der Waals surface area (Å²) in [6.07, 6.45) is 3.67. The van der Waals surface area contributed by atoms with E-state index in [1.165, 1.54) is 25.9 Å². The molecule has 0 aliphatic carbocycles. The Morgan fingerprint density at radius 2 is 2.00 bits per heavy atom. The number of morpholine rings is 1. The zero-order valence-electron chi connectivity index (χ0n) is 16.2. The van der Waals surface area contributed by atoms with Gasteiger partial charge in [0.2, 0.25) is 0 Å². The number of nitrogens with one attached hydrogen (secondary N) is 1. The Hall–Kier alpha value is -1.43. The summed E-state index contributed by atoms with van der Waals surface area (Å²) in [4.78, 5) is 13.6. The minimum atomic E-state index is 0.213. The molecule has 2 saturated heterocycles. The number of likely N-dealkylation sites (tertiary alicyclic amines) is 1. The molecule has 26 heavy (non-hydrogen) atoms. The number of aromatic nitrogens is 2. The van der Waals surface area contributed by atoms with Crippen LogP contribution in [-0.2, 0) is 11.2 Å². The molecule has 5 heteroatoms. The van der Waals surface area contributed by atoms with Crippen LogP contribution in [0.2, 0.25) is 0 Å². The normalized spacial score (nSPS) is 23.5. The van der Waals surface area contributed by atoms with Gasteiger partial charge in [-0.1, -0.05) is 12.1 Å². The lowest BCUT2D eigenvalue weighted by Gasteiger charge is -2.45. The Morgan fingerprint density at radius 3 is 2.81 bits per heavy atom. The third kappa shape index (κ3) is 4.11. The molecule has 3 heterocycles. The molecule has 1 atom stereocenters. The lowest BCUT2D eigenvalue weighted by atomic mass is 9.92. The fourth-order valence-corrected chi connectivity index (χ4v) is 4.65. The maximum atomic E-state index is 5.53. The van der Waals surface area contributed by atoms with Gasteiger partial charge in [0, 0.05) is 38.1 Å². The first kappa shape index (κ1) is 18.0. The average Bonchev–Trinajstić information content (AvgIpc) is 3.04. The van der Waals surface area contributed by atoms with Crippen LogP contribution in [0.5, 0.6) is 0 Å². The van der Waals surface area contributed by atoms with E-state index in [0.717, 1.165) is 56.1 Å². The summed E-state index contributed by atoms with van der Waals surface area (Å²) in [6, 6.07) is 8.33. The Bertz CT molecular complexity index is 687. The highest BCUT2D eigenvalue weighted by Gasteiger charge is 2.32. The zero-order valence-corrected chi connectivity index (χ0v) is 16.2. The third-order valence-electron chi connectivity index (χ3n) is 6.00. The van der Waals surface area contributed by atoms with Gasteiger partial charge < -0.3 is 14.6 Å². The minimum Gasteiger partial charge on any atom is -0.379 e. The number of para-hydroxylation sites is 2. The predicted molar refractivity (Wildman–Crippen MR) is 105 cm³/mol. The number of imidazole rings is 1. The molecule has 1 N–H and O–H groups in total. The molecule has 4 rings (SSSR count). The molecule has 0 radical (unpaired) electrons. The molecule has 142 valence electrons. The monoisotopic (exact) mass is 356 g/mol. The van der Waals surface area contributed by atoms with Crippen LogP contribution >= 0.6 is 0 Å². The quantitative estimate of drug-likeness (QED) is 0.895. The highest BCUT2D eigenvalue weighted by atomic mass is 16.5. The van der Waals surface area contributed by atoms with Gasteiger partial charge in [-0.3, -0.25) is 4.90 Å². The molecular formula is C21H32N4O. The maximum absolute atomic E-state index is 5.53. The molecule has 2 aromatic rings. The van der Waals surface area contributed by atoms with Crippen LogP contribution < -0.4 is 0 Å². The van der Waals surface area contributed by atoms with Crippen molar-refractivity contribution in [2.24, 2.45) is 5.92 Å². The van der Waals surface area contributed by atoms with Gasteiger partial charge in [-0.05, 0) is 51.3 Å². The van der Waals surface area contributed by atoms with E-state index >= 15 is 0 Å². The Labute approximate surface area is 156 Å². The van der Waals surface area contributed by atoms with E-state index in [9.17, 15) is 0 Å². The van der Waals surface area contributed by atoms with Crippen molar-refractivity contribution < 1.29 is 4.74 Å². The number of aromatic amines is 1. The van der Waals surface area contributed by atoms with Gasteiger partial charge in [-0.2, -0.15) is 0 Å². The molecule has 1 aromatic carbocycles. The van der Waals surface area contributed by atoms with Crippen molar-refractivity contribution >= 4 is 11.0 Å². The van der Waals surface area contributed by atoms with Crippen LogP contribution in [0.15, 0.2) is 24.3 Å². The maximum Gasteiger partial charge on any atom is 0.107 e. The molecule has 5 nitrogen and oxygen atoms in total. The number of fused-ring (bicyclic) bond motifs is 1. The Kier molecular flexibility index (Phi) is 5.30. The van der Waals surface area contributed by atoms with Gasteiger partial charge in [0.05, 0.1) is 24.2 Å². The number of benzene rings is 1. The molecule has 0 saturated carbocycles. The van der Waals surface area contributed by atoms with E-state index in [4.69, 9.17) is 9.72 Å². The van der Waals surface area contributed by atoms with E-state index in [0.29, 0.717) is 5.92 Å². The van der Waals surface area contributed by atoms with Crippen molar-refractivity contribution in [1.29, 1.82) is 0 Å². The van der Waals surface area contributed by atoms with Crippen LogP contribution in [0.1, 0.15) is 32.5 Å². The van der Waals surface area contributed by atoms with Crippen LogP contribution in [0.25, 0.3) is 11.0 Å². The Morgan fingerprint density at radius 1 is 1.19 bits per heavy atom. The lowest BCUT2D eigenvalue weighted by molar-refractivity contribution is -0.0256. The highest BCUT2D eigenvalue weighted by Crippen LogP contribution is 2.25. The average molecular weight is 357 g/mol. The largest absolute Gasteiger partial charge is 0.379 e. The molecule has 1 aromatic heterocycles. The summed E-state index contributed by atoms with van der Waals surface area (Å²) in [7, 11) is 0. The van der Waals surface area contributed by atoms with Crippen molar-refractivity contribution in [2.75, 3.05) is 45.9 Å². The van der Waals surface area contributed by atoms with Gasteiger partial charge in [-0.15, -0.1) is 0 Å². The van der Waals surface area contributed by atoms with Gasteiger partial charge in [-0.25, -0.2) is 4.98 Å². The third-order valence-corrected chi connectivity index (χ3v) is 6.00. The summed E-state index contributed by atoms with van der Waals surface area (Å²) in [6.45, 7) is 12.2. The number of hydrogen-bond acceptors (Lipinski definition) is 4. The fraction of sp³-hybridized carbons (Fsp3) is 0.667. The second kappa shape index (κ2) is 7.67. The van der Waals surface area contributed by atoms with Gasteiger partial charge in [0.15, 0.2) is 0 Å². The molecule has 0 bridgehead atoms. The van der Waals surface area contributed by atoms with E-state index in [2.05, 4.69) is 52.9 Å². The fourth-order valence-electron chi connectivity index (χ4n) is 4.65. The smallest absolute Gasteiger partial charge is 0.107 e. The number of nitrogens with zero attached hydrogens (tertiary/aromatic N) is 3. The van der Waals surface area contributed by atoms with E-state index in [-0.39, 0.29) is 5.54 Å². The molecule has 0 amide bonds. The second-order valence-corrected chi connectivity index (χ2v) is 8.56. The summed E-state index contributed by atoms with van der Waals surface area (Å²) >= 11 is 0. The number of piperidine rings is 1. The van der Waals surface area contributed by atoms with E-state index < -0.39 is 0 Å². The van der Waals surface area contributed by atoms with Gasteiger partial charge >= 0.3 is 0 Å². The van der Waals surface area contributed by atoms with E-state index in [1.54, 1.807) is 0 Å². The van der Waals surface area contributed by atoms with Gasteiger partial charge in [0.25, 0.3) is 0 Å². The standard InChI is InChI=1S/C21H32N4O/c1-21(2,25-10-12-26-13-11-25)16-24-9-5-6-17(15-24)14-20-22-18-7-3-4-8-19(18)23-20/h3-4,7-8,17H,5-6,9-16H2,1-2H3,(H,22,23)/t17-/m1/s1. The van der Waals surface area contributed by atoms with E-state index in [1.807, 2.05) is 0 Å². The van der Waals surface area contributed by atoms with Crippen molar-refractivity contribution in [2.45, 2.75) is 38.6 Å². The summed E-state index contributed by atoms with van der Waals surface area (Å²) in [5.74, 6) is 1.84. The number of hydrogen-bond donors (Lipinski definition) is 1. The zero-order chi connectivity index (χ0) is 18.0. The first-order valence-electron chi connectivity index (χ1n) is 10.1. The Balaban J connectivity index is 1.36. The van der Waals surface area contributed by atoms with Crippen LogP contribution in [-0.4, -0.2) is 71.2 Å². The summed E-state index contributed by atoms with van der Waals surface area (Å²) in [5, 5.41) is 0. The first-order chi connectivity index (χ1) is 12.6. The molecule has 2 aliphatic heterocycles. The number of H-pyrrole nitrogens is 1. The molecule has 2 fully saturated rings. The van der Waals surface area contributed by atoms with Crippen molar-refractivity contribution in [3.63, 3.8) is 0 Å². The molecule has 2 aliphatic rings. The minimum absolute atomic E-state index is 0.213. The summed E-state index contributed by atoms with van der Waals surface area (Å²) < 4.78 is 5.53. The second-order valence-electron chi connectivity index (χ2n) is 8.56. The molecule has 0 unspecified atom stereocenters. The van der Waals surface area contributed by atoms with Crippen molar-refractivity contribution in [1.82, 2.24) is 19.8 Å². The van der Waals surface area contributed by atoms with Crippen LogP contribution in [0, 0.1) is 5.92 Å². The first-order valence-corrected chi connectivity index (χ1v) is 10.1. The molecular weight excluding hydrogens is 324 g/mol. The predicted octanol–water partition coefficient (Wildman–Crippen LogP) is 2.93. The number of ether oxygens (including phenoxy) is 1. The van der Waals surface area contributed by atoms with Crippen LogP contribution in [0.4, 0.5) is 0 Å².